The molecule has 62 valence electrons. The van der Waals surface area contributed by atoms with E-state index in [1.54, 1.807) is 6.07 Å². The molecular weight excluding hydrogens is 154 g/mol. The van der Waals surface area contributed by atoms with Gasteiger partial charge in [0.25, 0.3) is 0 Å². The third kappa shape index (κ3) is 1.64. The van der Waals surface area contributed by atoms with Crippen molar-refractivity contribution in [1.82, 2.24) is 4.98 Å². The lowest BCUT2D eigenvalue weighted by molar-refractivity contribution is 0.338. The first-order valence-electron chi connectivity index (χ1n) is 3.56. The molecule has 1 rings (SSSR count). The number of hydrogen-bond donors (Lipinski definition) is 1. The molecule has 1 aromatic rings. The van der Waals surface area contributed by atoms with Gasteiger partial charge in [-0.25, -0.2) is 4.98 Å². The highest BCUT2D eigenvalue weighted by Crippen LogP contribution is 2.17. The van der Waals surface area contributed by atoms with Crippen LogP contribution in [0.2, 0.25) is 0 Å². The lowest BCUT2D eigenvalue weighted by atomic mass is 10.3. The van der Waals surface area contributed by atoms with Gasteiger partial charge in [0, 0.05) is 6.07 Å². The molecule has 0 aliphatic carbocycles. The number of nitrogens with zero attached hydrogens (tertiary/aromatic N) is 2. The average molecular weight is 163 g/mol. The fourth-order valence-corrected chi connectivity index (χ4v) is 0.809. The smallest absolute Gasteiger partial charge is 0.182 e. The number of nitrogen functional groups attached to an aromatic ring is 1. The maximum atomic E-state index is 8.60. The van der Waals surface area contributed by atoms with Crippen LogP contribution in [0, 0.1) is 11.3 Å². The fourth-order valence-electron chi connectivity index (χ4n) is 0.809. The molecule has 0 saturated heterocycles. The summed E-state index contributed by atoms with van der Waals surface area (Å²) < 4.78 is 5.14. The van der Waals surface area contributed by atoms with Gasteiger partial charge >= 0.3 is 0 Å². The number of hydrogen-bond acceptors (Lipinski definition) is 4. The number of ether oxygens (including phenoxy) is 1. The summed E-state index contributed by atoms with van der Waals surface area (Å²) in [5.74, 6) is 0.444. The maximum absolute atomic E-state index is 8.60. The van der Waals surface area contributed by atoms with Crippen molar-refractivity contribution < 1.29 is 4.74 Å². The molecule has 0 saturated carbocycles. The van der Waals surface area contributed by atoms with E-state index in [0.717, 1.165) is 0 Å². The highest BCUT2D eigenvalue weighted by atomic mass is 16.5. The van der Waals surface area contributed by atoms with E-state index in [0.29, 0.717) is 18.0 Å². The molecule has 2 N–H and O–H groups in total. The van der Waals surface area contributed by atoms with Crippen LogP contribution in [0.3, 0.4) is 0 Å². The van der Waals surface area contributed by atoms with Crippen molar-refractivity contribution in [3.05, 3.63) is 18.0 Å². The molecule has 0 bridgehead atoms. The molecule has 1 heterocycles. The van der Waals surface area contributed by atoms with E-state index < -0.39 is 0 Å². The van der Waals surface area contributed by atoms with Crippen molar-refractivity contribution in [3.8, 4) is 11.8 Å². The topological polar surface area (TPSA) is 71.9 Å². The van der Waals surface area contributed by atoms with Gasteiger partial charge in [-0.1, -0.05) is 0 Å². The molecule has 0 unspecified atom stereocenters. The summed E-state index contributed by atoms with van der Waals surface area (Å²) in [5.41, 5.74) is 6.23. The van der Waals surface area contributed by atoms with Crippen LogP contribution >= 0.6 is 0 Å². The first-order valence-corrected chi connectivity index (χ1v) is 3.56. The Balaban J connectivity index is 3.06. The summed E-state index contributed by atoms with van der Waals surface area (Å²) in [7, 11) is 0. The van der Waals surface area contributed by atoms with Gasteiger partial charge < -0.3 is 10.5 Å². The lowest BCUT2D eigenvalue weighted by Gasteiger charge is -2.03. The van der Waals surface area contributed by atoms with Gasteiger partial charge in [0.15, 0.2) is 11.4 Å². The normalized spacial score (nSPS) is 9.00. The molecule has 0 atom stereocenters. The highest BCUT2D eigenvalue weighted by molar-refractivity contribution is 5.47. The third-order valence-electron chi connectivity index (χ3n) is 1.28. The Morgan fingerprint density at radius 3 is 3.08 bits per heavy atom. The summed E-state index contributed by atoms with van der Waals surface area (Å²) >= 11 is 0. The average Bonchev–Trinajstić information content (AvgIpc) is 2.05. The molecule has 1 aromatic heterocycles. The summed E-state index contributed by atoms with van der Waals surface area (Å²) in [4.78, 5) is 3.80. The molecule has 0 radical (unpaired) electrons. The third-order valence-corrected chi connectivity index (χ3v) is 1.28. The Kier molecular flexibility index (Phi) is 2.49. The zero-order valence-corrected chi connectivity index (χ0v) is 6.74. The zero-order valence-electron chi connectivity index (χ0n) is 6.74. The van der Waals surface area contributed by atoms with Crippen LogP contribution in [0.1, 0.15) is 12.6 Å². The minimum atomic E-state index is 0.269. The summed E-state index contributed by atoms with van der Waals surface area (Å²) in [6.45, 7) is 2.34. The Labute approximate surface area is 70.6 Å². The number of aromatic nitrogens is 1. The predicted octanol–water partition coefficient (Wildman–Crippen LogP) is 0.934. The summed E-state index contributed by atoms with van der Waals surface area (Å²) in [6.07, 6.45) is 1.43. The second kappa shape index (κ2) is 3.58. The molecule has 0 aliphatic heterocycles. The van der Waals surface area contributed by atoms with Crippen molar-refractivity contribution >= 4 is 5.69 Å². The largest absolute Gasteiger partial charge is 0.491 e. The second-order valence-corrected chi connectivity index (χ2v) is 2.16. The van der Waals surface area contributed by atoms with Crippen LogP contribution in [-0.2, 0) is 0 Å². The standard InChI is InChI=1S/C8H9N3O/c1-2-12-8-3-6(10)5-11-7(8)4-9/h3,5H,2,10H2,1H3. The van der Waals surface area contributed by atoms with E-state index in [1.807, 2.05) is 13.0 Å². The van der Waals surface area contributed by atoms with Crippen LogP contribution in [0.25, 0.3) is 0 Å². The minimum absolute atomic E-state index is 0.269. The Morgan fingerprint density at radius 1 is 1.75 bits per heavy atom. The van der Waals surface area contributed by atoms with Crippen molar-refractivity contribution in [1.29, 1.82) is 5.26 Å². The van der Waals surface area contributed by atoms with E-state index in [9.17, 15) is 0 Å². The first-order chi connectivity index (χ1) is 5.77. The number of rotatable bonds is 2. The molecule has 12 heavy (non-hydrogen) atoms. The predicted molar refractivity (Wildman–Crippen MR) is 44.5 cm³/mol. The molecule has 0 spiro atoms. The first kappa shape index (κ1) is 8.34. The fraction of sp³-hybridized carbons (Fsp3) is 0.250. The van der Waals surface area contributed by atoms with Crippen molar-refractivity contribution in [2.45, 2.75) is 6.92 Å². The van der Waals surface area contributed by atoms with E-state index >= 15 is 0 Å². The van der Waals surface area contributed by atoms with Gasteiger partial charge in [-0.15, -0.1) is 0 Å². The molecule has 0 aliphatic rings. The van der Waals surface area contributed by atoms with Crippen molar-refractivity contribution in [2.24, 2.45) is 0 Å². The Hall–Kier alpha value is -1.76. The van der Waals surface area contributed by atoms with Gasteiger partial charge in [-0.05, 0) is 6.92 Å². The second-order valence-electron chi connectivity index (χ2n) is 2.16. The summed E-state index contributed by atoms with van der Waals surface area (Å²) in [5, 5.41) is 8.60. The molecule has 0 aromatic carbocycles. The van der Waals surface area contributed by atoms with E-state index in [1.165, 1.54) is 6.20 Å². The van der Waals surface area contributed by atoms with Crippen LogP contribution in [0.5, 0.6) is 5.75 Å². The van der Waals surface area contributed by atoms with Crippen LogP contribution in [0.4, 0.5) is 5.69 Å². The van der Waals surface area contributed by atoms with Gasteiger partial charge in [-0.2, -0.15) is 5.26 Å². The van der Waals surface area contributed by atoms with Gasteiger partial charge in [0.05, 0.1) is 18.5 Å². The Bertz CT molecular complexity index is 317. The van der Waals surface area contributed by atoms with Crippen LogP contribution in [-0.4, -0.2) is 11.6 Å². The summed E-state index contributed by atoms with van der Waals surface area (Å²) in [6, 6.07) is 3.51. The van der Waals surface area contributed by atoms with Crippen molar-refractivity contribution in [3.63, 3.8) is 0 Å². The monoisotopic (exact) mass is 163 g/mol. The molecule has 0 fully saturated rings. The van der Waals surface area contributed by atoms with Gasteiger partial charge in [0.2, 0.25) is 0 Å². The maximum Gasteiger partial charge on any atom is 0.182 e. The SMILES string of the molecule is CCOc1cc(N)cnc1C#N. The number of nitrogens with two attached hydrogens (primary N) is 1. The number of anilines is 1. The number of nitriles is 1. The zero-order chi connectivity index (χ0) is 8.97. The van der Waals surface area contributed by atoms with E-state index in [4.69, 9.17) is 15.7 Å². The minimum Gasteiger partial charge on any atom is -0.491 e. The van der Waals surface area contributed by atoms with E-state index in [-0.39, 0.29) is 5.69 Å². The van der Waals surface area contributed by atoms with E-state index in [2.05, 4.69) is 4.98 Å². The quantitative estimate of drug-likeness (QED) is 0.704. The van der Waals surface area contributed by atoms with Crippen LogP contribution in [0.15, 0.2) is 12.3 Å². The van der Waals surface area contributed by atoms with Crippen molar-refractivity contribution in [2.75, 3.05) is 12.3 Å². The molecular formula is C8H9N3O. The lowest BCUT2D eigenvalue weighted by Crippen LogP contribution is -1.98. The molecule has 4 nitrogen and oxygen atoms in total. The highest BCUT2D eigenvalue weighted by Gasteiger charge is 2.03. The molecule has 0 amide bonds. The van der Waals surface area contributed by atoms with Crippen LogP contribution < -0.4 is 10.5 Å². The number of pyridine rings is 1. The Morgan fingerprint density at radius 2 is 2.50 bits per heavy atom. The van der Waals surface area contributed by atoms with Gasteiger partial charge in [0.1, 0.15) is 6.07 Å². The molecule has 4 heteroatoms. The van der Waals surface area contributed by atoms with Gasteiger partial charge in [-0.3, -0.25) is 0 Å².